The summed E-state index contributed by atoms with van der Waals surface area (Å²) >= 11 is 5.93. The van der Waals surface area contributed by atoms with Crippen LogP contribution in [0.3, 0.4) is 0 Å². The lowest BCUT2D eigenvalue weighted by Crippen LogP contribution is -2.46. The number of piperidine rings is 1. The average molecular weight is 437 g/mol. The molecule has 0 spiro atoms. The molecule has 0 radical (unpaired) electrons. The lowest BCUT2D eigenvalue weighted by molar-refractivity contribution is -0.127. The van der Waals surface area contributed by atoms with Gasteiger partial charge in [0.25, 0.3) is 5.91 Å². The van der Waals surface area contributed by atoms with Gasteiger partial charge in [-0.05, 0) is 42.7 Å². The summed E-state index contributed by atoms with van der Waals surface area (Å²) in [6.45, 7) is 1.06. The van der Waals surface area contributed by atoms with Gasteiger partial charge in [-0.25, -0.2) is 4.98 Å². The maximum atomic E-state index is 13.2. The van der Waals surface area contributed by atoms with Gasteiger partial charge >= 0.3 is 0 Å². The highest BCUT2D eigenvalue weighted by atomic mass is 35.5. The molecule has 0 bridgehead atoms. The monoisotopic (exact) mass is 436 g/mol. The molecule has 1 fully saturated rings. The highest BCUT2D eigenvalue weighted by Crippen LogP contribution is 2.22. The first-order chi connectivity index (χ1) is 15.1. The molecule has 31 heavy (non-hydrogen) atoms. The quantitative estimate of drug-likeness (QED) is 0.612. The first kappa shape index (κ1) is 21.1. The van der Waals surface area contributed by atoms with Crippen LogP contribution in [0.1, 0.15) is 40.6 Å². The van der Waals surface area contributed by atoms with Gasteiger partial charge in [-0.3, -0.25) is 9.59 Å². The van der Waals surface area contributed by atoms with Crippen LogP contribution < -0.4 is 5.32 Å². The third-order valence-electron chi connectivity index (χ3n) is 5.64. The number of hydrogen-bond acceptors (Lipinski definition) is 3. The van der Waals surface area contributed by atoms with E-state index in [4.69, 9.17) is 11.6 Å². The Morgan fingerprint density at radius 2 is 1.94 bits per heavy atom. The van der Waals surface area contributed by atoms with Crippen molar-refractivity contribution < 1.29 is 9.59 Å². The van der Waals surface area contributed by atoms with Gasteiger partial charge in [-0.2, -0.15) is 0 Å². The first-order valence-corrected chi connectivity index (χ1v) is 10.9. The van der Waals surface area contributed by atoms with Crippen molar-refractivity contribution >= 4 is 23.4 Å². The number of likely N-dealkylation sites (tertiary alicyclic amines) is 1. The number of imidazole rings is 1. The standard InChI is InChI=1S/C24H25ClN4O2/c25-20-10-8-18(9-11-20)24(31)29-14-4-7-19(16-29)23(30)28-21(15-22-26-12-13-27-22)17-5-2-1-3-6-17/h1-3,5-6,8-13,19,21H,4,7,14-16H2,(H,26,27)(H,28,30)/t19-,21+/m0/s1. The van der Waals surface area contributed by atoms with E-state index in [2.05, 4.69) is 15.3 Å². The summed E-state index contributed by atoms with van der Waals surface area (Å²) in [5.74, 6) is 0.475. The summed E-state index contributed by atoms with van der Waals surface area (Å²) in [5.41, 5.74) is 1.61. The van der Waals surface area contributed by atoms with Crippen LogP contribution in [0.5, 0.6) is 0 Å². The highest BCUT2D eigenvalue weighted by molar-refractivity contribution is 6.30. The number of nitrogens with zero attached hydrogens (tertiary/aromatic N) is 2. The topological polar surface area (TPSA) is 78.1 Å². The Kier molecular flexibility index (Phi) is 6.67. The predicted octanol–water partition coefficient (Wildman–Crippen LogP) is 4.02. The summed E-state index contributed by atoms with van der Waals surface area (Å²) < 4.78 is 0. The Bertz CT molecular complexity index is 1010. The van der Waals surface area contributed by atoms with Gasteiger partial charge in [0.2, 0.25) is 5.91 Å². The molecule has 1 aliphatic heterocycles. The maximum Gasteiger partial charge on any atom is 0.253 e. The number of nitrogens with one attached hydrogen (secondary N) is 2. The Labute approximate surface area is 186 Å². The van der Waals surface area contributed by atoms with Crippen LogP contribution >= 0.6 is 11.6 Å². The fraction of sp³-hybridized carbons (Fsp3) is 0.292. The summed E-state index contributed by atoms with van der Waals surface area (Å²) in [7, 11) is 0. The molecule has 7 heteroatoms. The highest BCUT2D eigenvalue weighted by Gasteiger charge is 2.30. The van der Waals surface area contributed by atoms with Crippen molar-refractivity contribution in [3.05, 3.63) is 89.0 Å². The van der Waals surface area contributed by atoms with Crippen LogP contribution in [-0.2, 0) is 11.2 Å². The van der Waals surface area contributed by atoms with Crippen molar-refractivity contribution in [1.29, 1.82) is 0 Å². The zero-order valence-corrected chi connectivity index (χ0v) is 17.9. The molecule has 160 valence electrons. The SMILES string of the molecule is O=C(N[C@H](Cc1ncc[nH]1)c1ccccc1)[C@H]1CCCN(C(=O)c2ccc(Cl)cc2)C1. The van der Waals surface area contributed by atoms with Crippen molar-refractivity contribution in [2.75, 3.05) is 13.1 Å². The summed E-state index contributed by atoms with van der Waals surface area (Å²) in [6.07, 6.45) is 5.62. The third-order valence-corrected chi connectivity index (χ3v) is 5.89. The summed E-state index contributed by atoms with van der Waals surface area (Å²) in [6, 6.07) is 16.6. The Hall–Kier alpha value is -3.12. The molecule has 2 heterocycles. The zero-order valence-electron chi connectivity index (χ0n) is 17.1. The van der Waals surface area contributed by atoms with E-state index in [9.17, 15) is 9.59 Å². The van der Waals surface area contributed by atoms with Crippen LogP contribution in [-0.4, -0.2) is 39.8 Å². The molecule has 2 atom stereocenters. The molecular weight excluding hydrogens is 412 g/mol. The van der Waals surface area contributed by atoms with Gasteiger partial charge in [0.05, 0.1) is 12.0 Å². The minimum Gasteiger partial charge on any atom is -0.349 e. The van der Waals surface area contributed by atoms with Crippen LogP contribution in [0, 0.1) is 5.92 Å². The van der Waals surface area contributed by atoms with Gasteiger partial charge in [0.15, 0.2) is 0 Å². The van der Waals surface area contributed by atoms with Gasteiger partial charge in [0, 0.05) is 42.5 Å². The fourth-order valence-electron chi connectivity index (χ4n) is 3.98. The van der Waals surface area contributed by atoms with E-state index in [0.29, 0.717) is 30.1 Å². The number of H-pyrrole nitrogens is 1. The lowest BCUT2D eigenvalue weighted by Gasteiger charge is -2.33. The number of halogens is 1. The Morgan fingerprint density at radius 3 is 2.65 bits per heavy atom. The number of aromatic nitrogens is 2. The second-order valence-corrected chi connectivity index (χ2v) is 8.25. The third kappa shape index (κ3) is 5.33. The number of rotatable bonds is 6. The average Bonchev–Trinajstić information content (AvgIpc) is 3.32. The maximum absolute atomic E-state index is 13.2. The largest absolute Gasteiger partial charge is 0.349 e. The second kappa shape index (κ2) is 9.79. The fourth-order valence-corrected chi connectivity index (χ4v) is 4.11. The number of hydrogen-bond donors (Lipinski definition) is 2. The van der Waals surface area contributed by atoms with Crippen LogP contribution in [0.4, 0.5) is 0 Å². The molecule has 4 rings (SSSR count). The van der Waals surface area contributed by atoms with Crippen molar-refractivity contribution in [2.24, 2.45) is 5.92 Å². The minimum atomic E-state index is -0.243. The van der Waals surface area contributed by atoms with Crippen molar-refractivity contribution in [3.8, 4) is 0 Å². The van der Waals surface area contributed by atoms with Crippen molar-refractivity contribution in [3.63, 3.8) is 0 Å². The van der Waals surface area contributed by atoms with Crippen LogP contribution in [0.25, 0.3) is 0 Å². The lowest BCUT2D eigenvalue weighted by atomic mass is 9.95. The molecule has 2 aromatic carbocycles. The summed E-state index contributed by atoms with van der Waals surface area (Å²) in [5, 5.41) is 3.79. The van der Waals surface area contributed by atoms with Gasteiger partial charge in [-0.1, -0.05) is 41.9 Å². The van der Waals surface area contributed by atoms with E-state index in [-0.39, 0.29) is 23.8 Å². The number of benzene rings is 2. The van der Waals surface area contributed by atoms with E-state index in [0.717, 1.165) is 24.2 Å². The van der Waals surface area contributed by atoms with E-state index >= 15 is 0 Å². The number of carbonyl (C=O) groups is 2. The number of aromatic amines is 1. The normalized spacial score (nSPS) is 17.2. The molecule has 2 amide bonds. The minimum absolute atomic E-state index is 0.0333. The van der Waals surface area contributed by atoms with Crippen molar-refractivity contribution in [2.45, 2.75) is 25.3 Å². The molecule has 0 aliphatic carbocycles. The van der Waals surface area contributed by atoms with E-state index in [1.54, 1.807) is 41.6 Å². The Morgan fingerprint density at radius 1 is 1.16 bits per heavy atom. The van der Waals surface area contributed by atoms with Crippen LogP contribution in [0.2, 0.25) is 5.02 Å². The predicted molar refractivity (Wildman–Crippen MR) is 120 cm³/mol. The Balaban J connectivity index is 1.44. The molecule has 1 aliphatic rings. The van der Waals surface area contributed by atoms with E-state index in [1.807, 2.05) is 30.3 Å². The summed E-state index contributed by atoms with van der Waals surface area (Å²) in [4.78, 5) is 35.2. The first-order valence-electron chi connectivity index (χ1n) is 10.5. The number of amides is 2. The van der Waals surface area contributed by atoms with Gasteiger partial charge in [0.1, 0.15) is 5.82 Å². The molecule has 1 aromatic heterocycles. The molecular formula is C24H25ClN4O2. The smallest absolute Gasteiger partial charge is 0.253 e. The van der Waals surface area contributed by atoms with E-state index < -0.39 is 0 Å². The second-order valence-electron chi connectivity index (χ2n) is 7.81. The van der Waals surface area contributed by atoms with Gasteiger partial charge < -0.3 is 15.2 Å². The van der Waals surface area contributed by atoms with Crippen molar-refractivity contribution in [1.82, 2.24) is 20.2 Å². The van der Waals surface area contributed by atoms with Gasteiger partial charge in [-0.15, -0.1) is 0 Å². The molecule has 1 saturated heterocycles. The van der Waals surface area contributed by atoms with E-state index in [1.165, 1.54) is 0 Å². The number of carbonyl (C=O) groups excluding carboxylic acids is 2. The molecule has 2 N–H and O–H groups in total. The molecule has 3 aromatic rings. The molecule has 0 unspecified atom stereocenters. The zero-order chi connectivity index (χ0) is 21.6. The van der Waals surface area contributed by atoms with Crippen LogP contribution in [0.15, 0.2) is 67.0 Å². The molecule has 6 nitrogen and oxygen atoms in total. The molecule has 0 saturated carbocycles.